The molecule has 0 radical (unpaired) electrons. The summed E-state index contributed by atoms with van der Waals surface area (Å²) in [4.78, 5) is 13.8. The molecule has 1 unspecified atom stereocenters. The summed E-state index contributed by atoms with van der Waals surface area (Å²) in [6, 6.07) is 6.26. The maximum Gasteiger partial charge on any atom is 0.279 e. The first-order valence-electron chi connectivity index (χ1n) is 8.91. The van der Waals surface area contributed by atoms with Crippen LogP contribution in [0.25, 0.3) is 0 Å². The number of hydrogen-bond acceptors (Lipinski definition) is 3. The third-order valence-electron chi connectivity index (χ3n) is 4.82. The van der Waals surface area contributed by atoms with Gasteiger partial charge in [-0.3, -0.25) is 4.79 Å². The zero-order valence-electron chi connectivity index (χ0n) is 15.6. The van der Waals surface area contributed by atoms with Crippen molar-refractivity contribution in [3.05, 3.63) is 24.3 Å². The van der Waals surface area contributed by atoms with Gasteiger partial charge in [-0.2, -0.15) is 4.31 Å². The van der Waals surface area contributed by atoms with Crippen LogP contribution in [0.5, 0.6) is 0 Å². The third-order valence-corrected chi connectivity index (χ3v) is 6.87. The van der Waals surface area contributed by atoms with Crippen LogP contribution in [-0.2, 0) is 14.8 Å². The van der Waals surface area contributed by atoms with E-state index in [2.05, 4.69) is 12.2 Å². The molecule has 0 saturated carbocycles. The number of rotatable bonds is 6. The number of anilines is 1. The number of likely N-dealkylation sites (tertiary alicyclic amines) is 1. The van der Waals surface area contributed by atoms with Crippen molar-refractivity contribution in [1.29, 1.82) is 0 Å². The lowest BCUT2D eigenvalue weighted by molar-refractivity contribution is -0.900. The smallest absolute Gasteiger partial charge is 0.279 e. The minimum atomic E-state index is -3.50. The second-order valence-corrected chi connectivity index (χ2v) is 9.31. The monoisotopic (exact) mass is 368 g/mol. The van der Waals surface area contributed by atoms with Crippen molar-refractivity contribution in [3.8, 4) is 0 Å². The highest BCUT2D eigenvalue weighted by Gasteiger charge is 2.24. The van der Waals surface area contributed by atoms with Gasteiger partial charge in [0.2, 0.25) is 10.0 Å². The normalized spacial score (nSPS) is 21.5. The molecule has 1 amide bonds. The number of carbonyl (C=O) groups excluding carboxylic acids is 1. The molecule has 7 heteroatoms. The SMILES string of the molecule is CC(C)N(C)S(=O)(=O)c1ccc(NC(=O)C[NH+]2CCC[C@@H](C)C2)cc1. The van der Waals surface area contributed by atoms with E-state index in [9.17, 15) is 13.2 Å². The summed E-state index contributed by atoms with van der Waals surface area (Å²) < 4.78 is 26.2. The van der Waals surface area contributed by atoms with Gasteiger partial charge in [0.05, 0.1) is 18.0 Å². The fraction of sp³-hybridized carbons (Fsp3) is 0.611. The second-order valence-electron chi connectivity index (χ2n) is 7.32. The number of amides is 1. The molecule has 2 N–H and O–H groups in total. The van der Waals surface area contributed by atoms with Crippen LogP contribution in [0.2, 0.25) is 0 Å². The Morgan fingerprint density at radius 3 is 2.52 bits per heavy atom. The lowest BCUT2D eigenvalue weighted by Crippen LogP contribution is -3.14. The number of carbonyl (C=O) groups is 1. The highest BCUT2D eigenvalue weighted by Crippen LogP contribution is 2.19. The van der Waals surface area contributed by atoms with Gasteiger partial charge in [0.15, 0.2) is 6.54 Å². The van der Waals surface area contributed by atoms with E-state index in [1.165, 1.54) is 22.0 Å². The number of benzene rings is 1. The van der Waals surface area contributed by atoms with Crippen molar-refractivity contribution in [2.45, 2.75) is 44.6 Å². The average Bonchev–Trinajstić information content (AvgIpc) is 2.54. The Bertz CT molecular complexity index is 686. The van der Waals surface area contributed by atoms with E-state index < -0.39 is 10.0 Å². The van der Waals surface area contributed by atoms with Crippen LogP contribution in [0.3, 0.4) is 0 Å². The van der Waals surface area contributed by atoms with Crippen LogP contribution in [-0.4, -0.2) is 51.4 Å². The molecular formula is C18H30N3O3S+. The van der Waals surface area contributed by atoms with Crippen molar-refractivity contribution in [3.63, 3.8) is 0 Å². The Kier molecular flexibility index (Phi) is 6.59. The van der Waals surface area contributed by atoms with Crippen LogP contribution in [0, 0.1) is 5.92 Å². The van der Waals surface area contributed by atoms with E-state index in [4.69, 9.17) is 0 Å². The van der Waals surface area contributed by atoms with Crippen LogP contribution in [0.15, 0.2) is 29.2 Å². The zero-order valence-corrected chi connectivity index (χ0v) is 16.4. The fourth-order valence-corrected chi connectivity index (χ4v) is 4.51. The molecule has 25 heavy (non-hydrogen) atoms. The largest absolute Gasteiger partial charge is 0.327 e. The summed E-state index contributed by atoms with van der Waals surface area (Å²) >= 11 is 0. The number of nitrogens with zero attached hydrogens (tertiary/aromatic N) is 1. The van der Waals surface area contributed by atoms with Gasteiger partial charge in [-0.05, 0) is 51.0 Å². The van der Waals surface area contributed by atoms with Crippen molar-refractivity contribution < 1.29 is 18.1 Å². The van der Waals surface area contributed by atoms with E-state index in [1.807, 2.05) is 13.8 Å². The first kappa shape index (κ1) is 19.9. The Balaban J connectivity index is 1.97. The van der Waals surface area contributed by atoms with Gasteiger partial charge in [-0.25, -0.2) is 8.42 Å². The summed E-state index contributed by atoms with van der Waals surface area (Å²) in [5.41, 5.74) is 0.626. The second kappa shape index (κ2) is 8.29. The summed E-state index contributed by atoms with van der Waals surface area (Å²) in [6.07, 6.45) is 2.41. The van der Waals surface area contributed by atoms with Crippen molar-refractivity contribution in [2.24, 2.45) is 5.92 Å². The van der Waals surface area contributed by atoms with Gasteiger partial charge >= 0.3 is 0 Å². The van der Waals surface area contributed by atoms with Crippen LogP contribution in [0.1, 0.15) is 33.6 Å². The van der Waals surface area contributed by atoms with Gasteiger partial charge in [-0.1, -0.05) is 6.92 Å². The Morgan fingerprint density at radius 2 is 1.96 bits per heavy atom. The molecule has 1 fully saturated rings. The van der Waals surface area contributed by atoms with Gasteiger partial charge < -0.3 is 10.2 Å². The van der Waals surface area contributed by atoms with E-state index in [-0.39, 0.29) is 16.8 Å². The van der Waals surface area contributed by atoms with Gasteiger partial charge in [0, 0.05) is 24.7 Å². The summed E-state index contributed by atoms with van der Waals surface area (Å²) in [5, 5.41) is 2.87. The zero-order chi connectivity index (χ0) is 18.6. The molecule has 0 aliphatic carbocycles. The first-order valence-corrected chi connectivity index (χ1v) is 10.4. The molecule has 0 spiro atoms. The van der Waals surface area contributed by atoms with Crippen molar-refractivity contribution >= 4 is 21.6 Å². The highest BCUT2D eigenvalue weighted by atomic mass is 32.2. The minimum Gasteiger partial charge on any atom is -0.327 e. The molecule has 0 aromatic heterocycles. The molecular weight excluding hydrogens is 338 g/mol. The molecule has 1 heterocycles. The van der Waals surface area contributed by atoms with E-state index in [0.717, 1.165) is 13.1 Å². The maximum atomic E-state index is 12.4. The van der Waals surface area contributed by atoms with E-state index in [1.54, 1.807) is 31.3 Å². The number of quaternary nitrogens is 1. The maximum absolute atomic E-state index is 12.4. The van der Waals surface area contributed by atoms with Crippen molar-refractivity contribution in [2.75, 3.05) is 32.0 Å². The molecule has 2 atom stereocenters. The predicted molar refractivity (Wildman–Crippen MR) is 99.1 cm³/mol. The summed E-state index contributed by atoms with van der Waals surface area (Å²) in [5.74, 6) is 0.637. The molecule has 1 aromatic carbocycles. The average molecular weight is 369 g/mol. The number of piperidine rings is 1. The Labute approximate surface area is 151 Å². The topological polar surface area (TPSA) is 70.9 Å². The molecule has 1 aliphatic heterocycles. The van der Waals surface area contributed by atoms with E-state index in [0.29, 0.717) is 18.2 Å². The number of hydrogen-bond donors (Lipinski definition) is 2. The standard InChI is InChI=1S/C18H29N3O3S/c1-14(2)20(4)25(23,24)17-9-7-16(8-10-17)19-18(22)13-21-11-5-6-15(3)12-21/h7-10,14-15H,5-6,11-13H2,1-4H3,(H,19,22)/p+1/t15-/m1/s1. The first-order chi connectivity index (χ1) is 11.7. The van der Waals surface area contributed by atoms with Crippen LogP contribution < -0.4 is 10.2 Å². The summed E-state index contributed by atoms with van der Waals surface area (Å²) in [7, 11) is -1.93. The van der Waals surface area contributed by atoms with Gasteiger partial charge in [0.25, 0.3) is 5.91 Å². The molecule has 1 aliphatic rings. The molecule has 140 valence electrons. The molecule has 0 bridgehead atoms. The lowest BCUT2D eigenvalue weighted by atomic mass is 10.0. The molecule has 1 saturated heterocycles. The number of sulfonamides is 1. The predicted octanol–water partition coefficient (Wildman–Crippen LogP) is 0.969. The van der Waals surface area contributed by atoms with Crippen LogP contribution >= 0.6 is 0 Å². The Hall–Kier alpha value is -1.44. The minimum absolute atomic E-state index is 0.0287. The Morgan fingerprint density at radius 1 is 1.32 bits per heavy atom. The third kappa shape index (κ3) is 5.26. The van der Waals surface area contributed by atoms with E-state index >= 15 is 0 Å². The highest BCUT2D eigenvalue weighted by molar-refractivity contribution is 7.89. The van der Waals surface area contributed by atoms with Gasteiger partial charge in [0.1, 0.15) is 0 Å². The summed E-state index contributed by atoms with van der Waals surface area (Å²) in [6.45, 7) is 8.42. The fourth-order valence-electron chi connectivity index (χ4n) is 3.14. The lowest BCUT2D eigenvalue weighted by Gasteiger charge is -2.27. The number of nitrogens with one attached hydrogen (secondary N) is 2. The molecule has 1 aromatic rings. The molecule has 2 rings (SSSR count). The molecule has 6 nitrogen and oxygen atoms in total. The van der Waals surface area contributed by atoms with Crippen LogP contribution in [0.4, 0.5) is 5.69 Å². The van der Waals surface area contributed by atoms with Gasteiger partial charge in [-0.15, -0.1) is 0 Å². The quantitative estimate of drug-likeness (QED) is 0.786. The van der Waals surface area contributed by atoms with Crippen molar-refractivity contribution in [1.82, 2.24) is 4.31 Å².